The molecule has 0 bridgehead atoms. The lowest BCUT2D eigenvalue weighted by Crippen LogP contribution is -2.23. The Morgan fingerprint density at radius 2 is 1.96 bits per heavy atom. The van der Waals surface area contributed by atoms with Crippen molar-refractivity contribution in [3.05, 3.63) is 41.1 Å². The van der Waals surface area contributed by atoms with Crippen LogP contribution in [0.25, 0.3) is 0 Å². The zero-order valence-corrected chi connectivity index (χ0v) is 14.4. The Kier molecular flexibility index (Phi) is 4.19. The second kappa shape index (κ2) is 6.48. The van der Waals surface area contributed by atoms with Gasteiger partial charge in [0.15, 0.2) is 11.5 Å². The fourth-order valence-electron chi connectivity index (χ4n) is 3.56. The fourth-order valence-corrected chi connectivity index (χ4v) is 3.56. The lowest BCUT2D eigenvalue weighted by atomic mass is 10.0. The molecule has 128 valence electrons. The Labute approximate surface area is 142 Å². The number of likely N-dealkylation sites (tertiary alicyclic amines) is 1. The summed E-state index contributed by atoms with van der Waals surface area (Å²) >= 11 is 0. The second-order valence-corrected chi connectivity index (χ2v) is 6.63. The molecule has 1 atom stereocenters. The molecule has 4 rings (SSSR count). The summed E-state index contributed by atoms with van der Waals surface area (Å²) in [6.45, 7) is 7.24. The zero-order valence-electron chi connectivity index (χ0n) is 14.4. The first-order valence-corrected chi connectivity index (χ1v) is 8.77. The molecule has 1 saturated heterocycles. The van der Waals surface area contributed by atoms with Crippen LogP contribution in [0.15, 0.2) is 22.6 Å². The van der Waals surface area contributed by atoms with Crippen molar-refractivity contribution in [1.29, 1.82) is 0 Å². The number of oxazole rings is 1. The van der Waals surface area contributed by atoms with Crippen LogP contribution >= 0.6 is 0 Å². The molecule has 0 radical (unpaired) electrons. The molecule has 1 fully saturated rings. The molecule has 5 nitrogen and oxygen atoms in total. The Bertz CT molecular complexity index is 706. The molecule has 2 aromatic rings. The van der Waals surface area contributed by atoms with Crippen molar-refractivity contribution in [1.82, 2.24) is 9.88 Å². The smallest absolute Gasteiger partial charge is 0.208 e. The molecule has 24 heavy (non-hydrogen) atoms. The van der Waals surface area contributed by atoms with Gasteiger partial charge in [-0.2, -0.15) is 0 Å². The van der Waals surface area contributed by atoms with Gasteiger partial charge in [-0.05, 0) is 50.9 Å². The van der Waals surface area contributed by atoms with Gasteiger partial charge >= 0.3 is 0 Å². The highest BCUT2D eigenvalue weighted by Gasteiger charge is 2.28. The van der Waals surface area contributed by atoms with E-state index in [1.165, 1.54) is 12.0 Å². The molecule has 0 amide bonds. The van der Waals surface area contributed by atoms with Crippen molar-refractivity contribution in [2.45, 2.75) is 45.7 Å². The first-order chi connectivity index (χ1) is 11.7. The van der Waals surface area contributed by atoms with Gasteiger partial charge in [0.2, 0.25) is 5.89 Å². The number of nitrogens with zero attached hydrogens (tertiary/aromatic N) is 2. The van der Waals surface area contributed by atoms with Crippen LogP contribution in [0.2, 0.25) is 0 Å². The number of aromatic nitrogens is 1. The summed E-state index contributed by atoms with van der Waals surface area (Å²) < 4.78 is 17.4. The molecule has 0 N–H and O–H groups in total. The van der Waals surface area contributed by atoms with E-state index in [0.29, 0.717) is 6.04 Å². The molecule has 5 heteroatoms. The Hall–Kier alpha value is -2.01. The Morgan fingerprint density at radius 1 is 1.12 bits per heavy atom. The lowest BCUT2D eigenvalue weighted by molar-refractivity contribution is 0.221. The number of aryl methyl sites for hydroxylation is 2. The third-order valence-electron chi connectivity index (χ3n) is 4.93. The molecular weight excluding hydrogens is 304 g/mol. The summed E-state index contributed by atoms with van der Waals surface area (Å²) in [6, 6.07) is 6.75. The highest BCUT2D eigenvalue weighted by molar-refractivity contribution is 5.44. The summed E-state index contributed by atoms with van der Waals surface area (Å²) in [7, 11) is 0. The van der Waals surface area contributed by atoms with Crippen LogP contribution in [-0.4, -0.2) is 29.6 Å². The van der Waals surface area contributed by atoms with Gasteiger partial charge in [0.25, 0.3) is 0 Å². The van der Waals surface area contributed by atoms with Gasteiger partial charge in [0, 0.05) is 12.5 Å². The fraction of sp³-hybridized carbons (Fsp3) is 0.526. The van der Waals surface area contributed by atoms with E-state index in [0.717, 1.165) is 68.0 Å². The monoisotopic (exact) mass is 328 g/mol. The number of fused-ring (bicyclic) bond motifs is 1. The van der Waals surface area contributed by atoms with E-state index in [9.17, 15) is 0 Å². The topological polar surface area (TPSA) is 47.7 Å². The van der Waals surface area contributed by atoms with Gasteiger partial charge < -0.3 is 13.9 Å². The number of hydrogen-bond donors (Lipinski definition) is 0. The summed E-state index contributed by atoms with van der Waals surface area (Å²) in [5.74, 6) is 3.46. The number of ether oxygens (including phenoxy) is 2. The third-order valence-corrected chi connectivity index (χ3v) is 4.93. The van der Waals surface area contributed by atoms with Crippen molar-refractivity contribution in [3.63, 3.8) is 0 Å². The summed E-state index contributed by atoms with van der Waals surface area (Å²) in [4.78, 5) is 6.98. The van der Waals surface area contributed by atoms with E-state index >= 15 is 0 Å². The number of rotatable bonds is 3. The molecule has 0 spiro atoms. The average Bonchev–Trinajstić information content (AvgIpc) is 3.06. The third kappa shape index (κ3) is 3.00. The van der Waals surface area contributed by atoms with Crippen molar-refractivity contribution < 1.29 is 13.9 Å². The maximum atomic E-state index is 5.85. The lowest BCUT2D eigenvalue weighted by Gasteiger charge is -2.24. The first kappa shape index (κ1) is 15.5. The van der Waals surface area contributed by atoms with Crippen LogP contribution in [0, 0.1) is 13.8 Å². The Morgan fingerprint density at radius 3 is 2.75 bits per heavy atom. The van der Waals surface area contributed by atoms with Crippen LogP contribution in [-0.2, 0) is 6.54 Å². The van der Waals surface area contributed by atoms with Gasteiger partial charge in [-0.3, -0.25) is 4.90 Å². The van der Waals surface area contributed by atoms with Gasteiger partial charge in [-0.1, -0.05) is 6.07 Å². The maximum absolute atomic E-state index is 5.85. The van der Waals surface area contributed by atoms with Crippen LogP contribution in [0.5, 0.6) is 11.5 Å². The van der Waals surface area contributed by atoms with Crippen LogP contribution < -0.4 is 9.47 Å². The highest BCUT2D eigenvalue weighted by Crippen LogP contribution is 2.38. The van der Waals surface area contributed by atoms with E-state index < -0.39 is 0 Å². The summed E-state index contributed by atoms with van der Waals surface area (Å²) in [5.41, 5.74) is 2.27. The maximum Gasteiger partial charge on any atom is 0.208 e. The molecule has 3 heterocycles. The summed E-state index contributed by atoms with van der Waals surface area (Å²) in [6.07, 6.45) is 3.28. The standard InChI is InChI=1S/C19H24N2O3/c1-13-14(2)24-19(20-13)12-21-8-3-5-16(21)15-6-7-17-18(11-15)23-10-4-9-22-17/h6-7,11,16H,3-5,8-10,12H2,1-2H3/t16-/m1/s1. The van der Waals surface area contributed by atoms with Crippen molar-refractivity contribution in [2.24, 2.45) is 0 Å². The van der Waals surface area contributed by atoms with Gasteiger partial charge in [-0.25, -0.2) is 4.98 Å². The molecule has 0 saturated carbocycles. The van der Waals surface area contributed by atoms with E-state index in [1.807, 2.05) is 19.9 Å². The quantitative estimate of drug-likeness (QED) is 0.858. The molecule has 1 aromatic carbocycles. The van der Waals surface area contributed by atoms with E-state index in [2.05, 4.69) is 22.0 Å². The molecule has 0 unspecified atom stereocenters. The van der Waals surface area contributed by atoms with E-state index in [-0.39, 0.29) is 0 Å². The van der Waals surface area contributed by atoms with Crippen LogP contribution in [0.4, 0.5) is 0 Å². The SMILES string of the molecule is Cc1nc(CN2CCC[C@@H]2c2ccc3c(c2)OCCCO3)oc1C. The molecule has 2 aliphatic rings. The van der Waals surface area contributed by atoms with E-state index in [4.69, 9.17) is 13.9 Å². The van der Waals surface area contributed by atoms with Gasteiger partial charge in [0.1, 0.15) is 5.76 Å². The molecule has 0 aliphatic carbocycles. The minimum Gasteiger partial charge on any atom is -0.490 e. The largest absolute Gasteiger partial charge is 0.490 e. The minimum absolute atomic E-state index is 0.384. The number of hydrogen-bond acceptors (Lipinski definition) is 5. The van der Waals surface area contributed by atoms with Crippen LogP contribution in [0.1, 0.15) is 48.2 Å². The van der Waals surface area contributed by atoms with Crippen molar-refractivity contribution >= 4 is 0 Å². The van der Waals surface area contributed by atoms with Gasteiger partial charge in [-0.15, -0.1) is 0 Å². The molecular formula is C19H24N2O3. The van der Waals surface area contributed by atoms with E-state index in [1.54, 1.807) is 0 Å². The van der Waals surface area contributed by atoms with Crippen molar-refractivity contribution in [3.8, 4) is 11.5 Å². The molecule has 2 aliphatic heterocycles. The highest BCUT2D eigenvalue weighted by atomic mass is 16.5. The summed E-state index contributed by atoms with van der Waals surface area (Å²) in [5, 5.41) is 0. The average molecular weight is 328 g/mol. The predicted octanol–water partition coefficient (Wildman–Crippen LogP) is 3.79. The van der Waals surface area contributed by atoms with Crippen molar-refractivity contribution in [2.75, 3.05) is 19.8 Å². The first-order valence-electron chi connectivity index (χ1n) is 8.77. The minimum atomic E-state index is 0.384. The zero-order chi connectivity index (χ0) is 16.5. The predicted molar refractivity (Wildman–Crippen MR) is 90.4 cm³/mol. The van der Waals surface area contributed by atoms with Crippen LogP contribution in [0.3, 0.4) is 0 Å². The second-order valence-electron chi connectivity index (χ2n) is 6.63. The normalized spacial score (nSPS) is 21.0. The van der Waals surface area contributed by atoms with Gasteiger partial charge in [0.05, 0.1) is 25.5 Å². The molecule has 1 aromatic heterocycles. The Balaban J connectivity index is 1.55. The number of benzene rings is 1.